The van der Waals surface area contributed by atoms with Crippen molar-refractivity contribution in [1.29, 1.82) is 0 Å². The molecule has 2 aliphatic rings. The van der Waals surface area contributed by atoms with Crippen molar-refractivity contribution in [3.8, 4) is 0 Å². The molecule has 0 unspecified atom stereocenters. The van der Waals surface area contributed by atoms with Crippen molar-refractivity contribution in [1.82, 2.24) is 14.9 Å². The Kier molecular flexibility index (Phi) is 6.84. The number of amides is 2. The number of hydrogen-bond acceptors (Lipinski definition) is 5. The number of likely N-dealkylation sites (tertiary alicyclic amines) is 1. The minimum Gasteiger partial charge on any atom is -0.369 e. The molecule has 7 nitrogen and oxygen atoms in total. The number of nitrogens with zero attached hydrogens (tertiary/aromatic N) is 4. The van der Waals surface area contributed by atoms with Gasteiger partial charge in [0.25, 0.3) is 0 Å². The zero-order valence-electron chi connectivity index (χ0n) is 19.2. The van der Waals surface area contributed by atoms with Crippen LogP contribution >= 0.6 is 0 Å². The van der Waals surface area contributed by atoms with Crippen molar-refractivity contribution in [3.05, 3.63) is 53.0 Å². The molecule has 0 N–H and O–H groups in total. The number of hydrogen-bond donors (Lipinski definition) is 0. The maximum absolute atomic E-state index is 12.8. The lowest BCUT2D eigenvalue weighted by Gasteiger charge is -2.31. The summed E-state index contributed by atoms with van der Waals surface area (Å²) in [6.45, 7) is 7.16. The predicted molar refractivity (Wildman–Crippen MR) is 122 cm³/mol. The Morgan fingerprint density at radius 3 is 2.72 bits per heavy atom. The standard InChI is InChI=1S/C25H32N4O3/c1-17(2)32-16-23(31)28-14-7-10-21(28)24-26-18(3)20-11-12-22(30)29(25(20)27-24)15-13-19-8-5-4-6-9-19/h4-6,8-9,17,21H,7,10-16H2,1-3H3/t21-/m1/s1. The first-order valence-electron chi connectivity index (χ1n) is 11.6. The zero-order valence-corrected chi connectivity index (χ0v) is 19.2. The normalized spacial score (nSPS) is 18.4. The molecule has 3 heterocycles. The molecule has 2 aliphatic heterocycles. The second-order valence-corrected chi connectivity index (χ2v) is 8.86. The summed E-state index contributed by atoms with van der Waals surface area (Å²) < 4.78 is 5.53. The number of carbonyl (C=O) groups is 2. The second-order valence-electron chi connectivity index (χ2n) is 8.86. The number of aryl methyl sites for hydroxylation is 1. The minimum absolute atomic E-state index is 0.00595. The number of carbonyl (C=O) groups excluding carboxylic acids is 2. The van der Waals surface area contributed by atoms with Crippen LogP contribution in [0.3, 0.4) is 0 Å². The van der Waals surface area contributed by atoms with Gasteiger partial charge in [-0.1, -0.05) is 30.3 Å². The first-order chi connectivity index (χ1) is 15.4. The molecule has 0 radical (unpaired) electrons. The van der Waals surface area contributed by atoms with Crippen LogP contribution < -0.4 is 4.90 Å². The van der Waals surface area contributed by atoms with E-state index in [1.54, 1.807) is 0 Å². The van der Waals surface area contributed by atoms with Gasteiger partial charge in [0.2, 0.25) is 11.8 Å². The summed E-state index contributed by atoms with van der Waals surface area (Å²) in [5, 5.41) is 0. The van der Waals surface area contributed by atoms with Gasteiger partial charge >= 0.3 is 0 Å². The van der Waals surface area contributed by atoms with E-state index in [1.165, 1.54) is 5.56 Å². The van der Waals surface area contributed by atoms with Crippen molar-refractivity contribution < 1.29 is 14.3 Å². The molecule has 0 saturated carbocycles. The lowest BCUT2D eigenvalue weighted by atomic mass is 10.0. The Morgan fingerprint density at radius 2 is 1.97 bits per heavy atom. The molecule has 7 heteroatoms. The molecule has 2 amide bonds. The van der Waals surface area contributed by atoms with E-state index in [4.69, 9.17) is 14.7 Å². The van der Waals surface area contributed by atoms with Crippen molar-refractivity contribution in [2.45, 2.75) is 65.0 Å². The summed E-state index contributed by atoms with van der Waals surface area (Å²) >= 11 is 0. The van der Waals surface area contributed by atoms with Gasteiger partial charge in [0.05, 0.1) is 12.1 Å². The maximum Gasteiger partial charge on any atom is 0.249 e. The highest BCUT2D eigenvalue weighted by atomic mass is 16.5. The molecule has 32 heavy (non-hydrogen) atoms. The zero-order chi connectivity index (χ0) is 22.7. The monoisotopic (exact) mass is 436 g/mol. The number of aromatic nitrogens is 2. The average molecular weight is 437 g/mol. The van der Waals surface area contributed by atoms with E-state index in [0.717, 1.165) is 36.3 Å². The Labute approximate surface area is 189 Å². The lowest BCUT2D eigenvalue weighted by Crippen LogP contribution is -2.39. The lowest BCUT2D eigenvalue weighted by molar-refractivity contribution is -0.138. The molecule has 1 aromatic heterocycles. The Bertz CT molecular complexity index is 977. The third kappa shape index (κ3) is 4.83. The van der Waals surface area contributed by atoms with Crippen molar-refractivity contribution >= 4 is 17.6 Å². The van der Waals surface area contributed by atoms with Gasteiger partial charge in [0.1, 0.15) is 12.4 Å². The molecule has 1 aromatic carbocycles. The van der Waals surface area contributed by atoms with E-state index < -0.39 is 0 Å². The largest absolute Gasteiger partial charge is 0.369 e. The fourth-order valence-electron chi connectivity index (χ4n) is 4.52. The molecule has 4 rings (SSSR count). The molecule has 1 fully saturated rings. The van der Waals surface area contributed by atoms with Gasteiger partial charge in [-0.25, -0.2) is 9.97 Å². The topological polar surface area (TPSA) is 75.6 Å². The van der Waals surface area contributed by atoms with Gasteiger partial charge in [-0.15, -0.1) is 0 Å². The van der Waals surface area contributed by atoms with Crippen LogP contribution in [0, 0.1) is 6.92 Å². The van der Waals surface area contributed by atoms with E-state index in [1.807, 2.05) is 48.8 Å². The summed E-state index contributed by atoms with van der Waals surface area (Å²) in [5.74, 6) is 1.42. The molecule has 1 atom stereocenters. The summed E-state index contributed by atoms with van der Waals surface area (Å²) in [7, 11) is 0. The fraction of sp³-hybridized carbons (Fsp3) is 0.520. The van der Waals surface area contributed by atoms with Crippen LogP contribution in [0.1, 0.15) is 61.8 Å². The Balaban J connectivity index is 1.59. The number of fused-ring (bicyclic) bond motifs is 1. The third-order valence-corrected chi connectivity index (χ3v) is 6.23. The van der Waals surface area contributed by atoms with Gasteiger partial charge < -0.3 is 9.64 Å². The van der Waals surface area contributed by atoms with E-state index in [2.05, 4.69) is 12.1 Å². The van der Waals surface area contributed by atoms with Gasteiger partial charge in [-0.3, -0.25) is 14.5 Å². The summed E-state index contributed by atoms with van der Waals surface area (Å²) in [4.78, 5) is 38.9. The van der Waals surface area contributed by atoms with Crippen LogP contribution in [0.4, 0.5) is 5.82 Å². The first-order valence-corrected chi connectivity index (χ1v) is 11.6. The third-order valence-electron chi connectivity index (χ3n) is 6.23. The van der Waals surface area contributed by atoms with Gasteiger partial charge in [-0.05, 0) is 52.0 Å². The summed E-state index contributed by atoms with van der Waals surface area (Å²) in [6, 6.07) is 10.0. The highest BCUT2D eigenvalue weighted by molar-refractivity contribution is 5.95. The Morgan fingerprint density at radius 1 is 1.19 bits per heavy atom. The quantitative estimate of drug-likeness (QED) is 0.665. The van der Waals surface area contributed by atoms with Gasteiger partial charge in [-0.2, -0.15) is 0 Å². The molecule has 1 saturated heterocycles. The van der Waals surface area contributed by atoms with Crippen LogP contribution in [0.25, 0.3) is 0 Å². The predicted octanol–water partition coefficient (Wildman–Crippen LogP) is 3.40. The van der Waals surface area contributed by atoms with Crippen LogP contribution in [0.5, 0.6) is 0 Å². The summed E-state index contributed by atoms with van der Waals surface area (Å²) in [6.07, 6.45) is 3.65. The molecule has 170 valence electrons. The van der Waals surface area contributed by atoms with Crippen LogP contribution in [0.2, 0.25) is 0 Å². The van der Waals surface area contributed by atoms with Crippen molar-refractivity contribution in [2.75, 3.05) is 24.6 Å². The molecule has 2 aromatic rings. The van der Waals surface area contributed by atoms with E-state index in [0.29, 0.717) is 31.8 Å². The summed E-state index contributed by atoms with van der Waals surface area (Å²) in [5.41, 5.74) is 3.14. The fourth-order valence-corrected chi connectivity index (χ4v) is 4.52. The van der Waals surface area contributed by atoms with E-state index in [9.17, 15) is 9.59 Å². The van der Waals surface area contributed by atoms with Crippen molar-refractivity contribution in [3.63, 3.8) is 0 Å². The smallest absolute Gasteiger partial charge is 0.249 e. The minimum atomic E-state index is -0.171. The highest BCUT2D eigenvalue weighted by Gasteiger charge is 2.35. The molecule has 0 aliphatic carbocycles. The number of benzene rings is 1. The van der Waals surface area contributed by atoms with Crippen molar-refractivity contribution in [2.24, 2.45) is 0 Å². The molecular weight excluding hydrogens is 404 g/mol. The molecule has 0 bridgehead atoms. The van der Waals surface area contributed by atoms with Crippen LogP contribution in [-0.2, 0) is 27.2 Å². The van der Waals surface area contributed by atoms with Gasteiger partial charge in [0.15, 0.2) is 5.82 Å². The van der Waals surface area contributed by atoms with E-state index >= 15 is 0 Å². The van der Waals surface area contributed by atoms with Gasteiger partial charge in [0, 0.05) is 30.8 Å². The highest BCUT2D eigenvalue weighted by Crippen LogP contribution is 2.34. The second kappa shape index (κ2) is 9.77. The van der Waals surface area contributed by atoms with E-state index in [-0.39, 0.29) is 30.6 Å². The number of anilines is 1. The maximum atomic E-state index is 12.8. The number of ether oxygens (including phenoxy) is 1. The molecular formula is C25H32N4O3. The number of rotatable bonds is 7. The Hall–Kier alpha value is -2.80. The first kappa shape index (κ1) is 22.4. The SMILES string of the molecule is Cc1nc([C@H]2CCCN2C(=O)COC(C)C)nc2c1CCC(=O)N2CCc1ccccc1. The average Bonchev–Trinajstić information content (AvgIpc) is 3.27. The van der Waals surface area contributed by atoms with Crippen LogP contribution in [-0.4, -0.2) is 52.5 Å². The van der Waals surface area contributed by atoms with Crippen LogP contribution in [0.15, 0.2) is 30.3 Å². The molecule has 0 spiro atoms.